The van der Waals surface area contributed by atoms with Crippen LogP contribution in [0.5, 0.6) is 0 Å². The molecule has 1 amide bonds. The van der Waals surface area contributed by atoms with Crippen LogP contribution in [0.2, 0.25) is 10.2 Å². The molecule has 1 aromatic heterocycles. The average Bonchev–Trinajstić information content (AvgIpc) is 2.35. The first-order valence-corrected chi connectivity index (χ1v) is 6.42. The second-order valence-electron chi connectivity index (χ2n) is 4.26. The van der Waals surface area contributed by atoms with E-state index in [4.69, 9.17) is 23.2 Å². The monoisotopic (exact) mass is 294 g/mol. The normalized spacial score (nSPS) is 10.3. The van der Waals surface area contributed by atoms with Gasteiger partial charge in [0.25, 0.3) is 5.91 Å². The molecule has 0 spiro atoms. The number of hydrogen-bond donors (Lipinski definition) is 1. The second-order valence-corrected chi connectivity index (χ2v) is 5.05. The molecule has 0 atom stereocenters. The smallest absolute Gasteiger partial charge is 0.257 e. The molecule has 0 saturated heterocycles. The Balaban J connectivity index is 2.28. The Morgan fingerprint density at radius 1 is 1.21 bits per heavy atom. The molecule has 0 aliphatic carbocycles. The SMILES string of the molecule is Cc1ccc(NC(=O)c2cc(Cl)ncc2Cl)c(C)c1. The minimum Gasteiger partial charge on any atom is -0.322 e. The van der Waals surface area contributed by atoms with Gasteiger partial charge in [-0.05, 0) is 31.5 Å². The number of nitrogens with one attached hydrogen (secondary N) is 1. The van der Waals surface area contributed by atoms with Gasteiger partial charge in [0, 0.05) is 11.9 Å². The molecule has 1 aromatic carbocycles. The van der Waals surface area contributed by atoms with Crippen LogP contribution in [0.4, 0.5) is 5.69 Å². The quantitative estimate of drug-likeness (QED) is 0.841. The van der Waals surface area contributed by atoms with Crippen molar-refractivity contribution in [2.45, 2.75) is 13.8 Å². The predicted molar refractivity (Wildman–Crippen MR) is 78.1 cm³/mol. The molecular formula is C14H12Cl2N2O. The van der Waals surface area contributed by atoms with Crippen LogP contribution in [0.1, 0.15) is 21.5 Å². The maximum Gasteiger partial charge on any atom is 0.257 e. The van der Waals surface area contributed by atoms with Crippen molar-refractivity contribution >= 4 is 34.8 Å². The number of aromatic nitrogens is 1. The first kappa shape index (κ1) is 13.8. The Kier molecular flexibility index (Phi) is 4.08. The van der Waals surface area contributed by atoms with Crippen molar-refractivity contribution in [2.75, 3.05) is 5.32 Å². The fraction of sp³-hybridized carbons (Fsp3) is 0.143. The standard InChI is InChI=1S/C14H12Cl2N2O/c1-8-3-4-12(9(2)5-8)18-14(19)10-6-13(16)17-7-11(10)15/h3-7H,1-2H3,(H,18,19). The van der Waals surface area contributed by atoms with Gasteiger partial charge >= 0.3 is 0 Å². The Hall–Kier alpha value is -1.58. The molecule has 98 valence electrons. The topological polar surface area (TPSA) is 42.0 Å². The summed E-state index contributed by atoms with van der Waals surface area (Å²) in [7, 11) is 0. The zero-order valence-corrected chi connectivity index (χ0v) is 12.0. The molecule has 0 radical (unpaired) electrons. The number of hydrogen-bond acceptors (Lipinski definition) is 2. The van der Waals surface area contributed by atoms with E-state index in [2.05, 4.69) is 10.3 Å². The number of rotatable bonds is 2. The summed E-state index contributed by atoms with van der Waals surface area (Å²) in [5.41, 5.74) is 3.19. The molecule has 5 heteroatoms. The highest BCUT2D eigenvalue weighted by Crippen LogP contribution is 2.21. The van der Waals surface area contributed by atoms with Crippen LogP contribution in [0.15, 0.2) is 30.5 Å². The van der Waals surface area contributed by atoms with Crippen molar-refractivity contribution in [3.63, 3.8) is 0 Å². The lowest BCUT2D eigenvalue weighted by Gasteiger charge is -2.10. The van der Waals surface area contributed by atoms with Gasteiger partial charge in [0.15, 0.2) is 0 Å². The third-order valence-corrected chi connectivity index (χ3v) is 3.20. The Bertz CT molecular complexity index is 641. The summed E-state index contributed by atoms with van der Waals surface area (Å²) in [6.07, 6.45) is 1.36. The van der Waals surface area contributed by atoms with Crippen molar-refractivity contribution in [1.82, 2.24) is 4.98 Å². The number of pyridine rings is 1. The van der Waals surface area contributed by atoms with Gasteiger partial charge in [-0.2, -0.15) is 0 Å². The Morgan fingerprint density at radius 2 is 1.95 bits per heavy atom. The van der Waals surface area contributed by atoms with E-state index in [-0.39, 0.29) is 16.1 Å². The van der Waals surface area contributed by atoms with Crippen molar-refractivity contribution in [2.24, 2.45) is 0 Å². The molecule has 1 heterocycles. The lowest BCUT2D eigenvalue weighted by atomic mass is 10.1. The van der Waals surface area contributed by atoms with E-state index in [1.807, 2.05) is 32.0 Å². The number of aryl methyl sites for hydroxylation is 2. The zero-order valence-electron chi connectivity index (χ0n) is 10.5. The number of benzene rings is 1. The Morgan fingerprint density at radius 3 is 2.63 bits per heavy atom. The first-order chi connectivity index (χ1) is 8.97. The molecule has 0 fully saturated rings. The van der Waals surface area contributed by atoms with Crippen molar-refractivity contribution in [1.29, 1.82) is 0 Å². The van der Waals surface area contributed by atoms with Crippen molar-refractivity contribution in [3.05, 3.63) is 57.3 Å². The van der Waals surface area contributed by atoms with Crippen LogP contribution >= 0.6 is 23.2 Å². The minimum absolute atomic E-state index is 0.232. The average molecular weight is 295 g/mol. The van der Waals surface area contributed by atoms with Crippen LogP contribution < -0.4 is 5.32 Å². The van der Waals surface area contributed by atoms with Gasteiger partial charge in [-0.3, -0.25) is 4.79 Å². The van der Waals surface area contributed by atoms with E-state index in [1.165, 1.54) is 12.3 Å². The van der Waals surface area contributed by atoms with Crippen LogP contribution in [0.3, 0.4) is 0 Å². The molecule has 0 aliphatic heterocycles. The highest BCUT2D eigenvalue weighted by Gasteiger charge is 2.12. The number of halogens is 2. The van der Waals surface area contributed by atoms with Gasteiger partial charge in [0.2, 0.25) is 0 Å². The number of amides is 1. The fourth-order valence-electron chi connectivity index (χ4n) is 1.73. The van der Waals surface area contributed by atoms with Gasteiger partial charge in [-0.15, -0.1) is 0 Å². The van der Waals surface area contributed by atoms with Crippen molar-refractivity contribution in [3.8, 4) is 0 Å². The minimum atomic E-state index is -0.304. The van der Waals surface area contributed by atoms with E-state index < -0.39 is 0 Å². The molecule has 2 rings (SSSR count). The van der Waals surface area contributed by atoms with E-state index in [1.54, 1.807) is 0 Å². The van der Waals surface area contributed by atoms with Crippen LogP contribution in [0, 0.1) is 13.8 Å². The molecule has 3 nitrogen and oxygen atoms in total. The summed E-state index contributed by atoms with van der Waals surface area (Å²) in [6, 6.07) is 7.24. The molecular weight excluding hydrogens is 283 g/mol. The third-order valence-electron chi connectivity index (χ3n) is 2.70. The summed E-state index contributed by atoms with van der Waals surface area (Å²) < 4.78 is 0. The van der Waals surface area contributed by atoms with Crippen molar-refractivity contribution < 1.29 is 4.79 Å². The highest BCUT2D eigenvalue weighted by atomic mass is 35.5. The maximum absolute atomic E-state index is 12.1. The van der Waals surface area contributed by atoms with Gasteiger partial charge in [0.05, 0.1) is 10.6 Å². The third kappa shape index (κ3) is 3.25. The molecule has 0 saturated carbocycles. The lowest BCUT2D eigenvalue weighted by Crippen LogP contribution is -2.13. The van der Waals surface area contributed by atoms with E-state index in [9.17, 15) is 4.79 Å². The summed E-state index contributed by atoms with van der Waals surface area (Å²) in [6.45, 7) is 3.93. The maximum atomic E-state index is 12.1. The largest absolute Gasteiger partial charge is 0.322 e. The first-order valence-electron chi connectivity index (χ1n) is 5.67. The zero-order chi connectivity index (χ0) is 14.0. The van der Waals surface area contributed by atoms with Gasteiger partial charge in [-0.25, -0.2) is 4.98 Å². The molecule has 2 aromatic rings. The van der Waals surface area contributed by atoms with Gasteiger partial charge < -0.3 is 5.32 Å². The number of carbonyl (C=O) groups is 1. The fourth-order valence-corrected chi connectivity index (χ4v) is 2.08. The summed E-state index contributed by atoms with van der Waals surface area (Å²) in [4.78, 5) is 16.0. The van der Waals surface area contributed by atoms with E-state index in [0.717, 1.165) is 16.8 Å². The lowest BCUT2D eigenvalue weighted by molar-refractivity contribution is 0.102. The Labute approximate surface area is 121 Å². The molecule has 0 aliphatic rings. The van der Waals surface area contributed by atoms with Crippen LogP contribution in [0.25, 0.3) is 0 Å². The molecule has 0 bridgehead atoms. The van der Waals surface area contributed by atoms with Gasteiger partial charge in [-0.1, -0.05) is 40.9 Å². The number of carbonyl (C=O) groups excluding carboxylic acids is 1. The number of anilines is 1. The van der Waals surface area contributed by atoms with E-state index in [0.29, 0.717) is 5.56 Å². The second kappa shape index (κ2) is 5.59. The molecule has 19 heavy (non-hydrogen) atoms. The molecule has 0 unspecified atom stereocenters. The molecule has 1 N–H and O–H groups in total. The van der Waals surface area contributed by atoms with Gasteiger partial charge in [0.1, 0.15) is 5.15 Å². The summed E-state index contributed by atoms with van der Waals surface area (Å²) in [5, 5.41) is 3.31. The predicted octanol–water partition coefficient (Wildman–Crippen LogP) is 4.26. The highest BCUT2D eigenvalue weighted by molar-refractivity contribution is 6.35. The van der Waals surface area contributed by atoms with E-state index >= 15 is 0 Å². The van der Waals surface area contributed by atoms with Crippen LogP contribution in [-0.4, -0.2) is 10.9 Å². The number of nitrogens with zero attached hydrogens (tertiary/aromatic N) is 1. The summed E-state index contributed by atoms with van der Waals surface area (Å²) >= 11 is 11.7. The summed E-state index contributed by atoms with van der Waals surface area (Å²) in [5.74, 6) is -0.304. The van der Waals surface area contributed by atoms with Crippen LogP contribution in [-0.2, 0) is 0 Å².